The van der Waals surface area contributed by atoms with Gasteiger partial charge in [-0.2, -0.15) is 4.98 Å². The van der Waals surface area contributed by atoms with Gasteiger partial charge in [0.05, 0.1) is 11.4 Å². The molecule has 3 aromatic heterocycles. The first kappa shape index (κ1) is 16.2. The van der Waals surface area contributed by atoms with E-state index < -0.39 is 0 Å². The van der Waals surface area contributed by atoms with Crippen molar-refractivity contribution in [1.82, 2.24) is 25.0 Å². The lowest BCUT2D eigenvalue weighted by Crippen LogP contribution is -2.05. The van der Waals surface area contributed by atoms with Crippen LogP contribution in [0.2, 0.25) is 0 Å². The zero-order valence-electron chi connectivity index (χ0n) is 13.3. The van der Waals surface area contributed by atoms with Gasteiger partial charge in [-0.3, -0.25) is 0 Å². The Bertz CT molecular complexity index is 1090. The van der Waals surface area contributed by atoms with Crippen molar-refractivity contribution in [3.63, 3.8) is 0 Å². The Balaban J connectivity index is 1.83. The fourth-order valence-electron chi connectivity index (χ4n) is 2.61. The maximum atomic E-state index is 5.94. The molecule has 0 aliphatic rings. The number of benzene rings is 1. The molecule has 0 bridgehead atoms. The van der Waals surface area contributed by atoms with Crippen molar-refractivity contribution in [2.24, 2.45) is 0 Å². The third kappa shape index (κ3) is 2.93. The Labute approximate surface area is 161 Å². The lowest BCUT2D eigenvalue weighted by Gasteiger charge is -2.06. The van der Waals surface area contributed by atoms with E-state index in [9.17, 15) is 0 Å². The van der Waals surface area contributed by atoms with E-state index in [2.05, 4.69) is 42.9 Å². The van der Waals surface area contributed by atoms with Crippen LogP contribution in [0.1, 0.15) is 11.1 Å². The van der Waals surface area contributed by atoms with Gasteiger partial charge in [-0.1, -0.05) is 17.3 Å². The van der Waals surface area contributed by atoms with Gasteiger partial charge in [0.25, 0.3) is 0 Å². The summed E-state index contributed by atoms with van der Waals surface area (Å²) in [5, 5.41) is 10.6. The second-order valence-electron chi connectivity index (χ2n) is 5.64. The van der Waals surface area contributed by atoms with Gasteiger partial charge in [-0.25, -0.2) is 9.67 Å². The maximum absolute atomic E-state index is 5.94. The molecule has 126 valence electrons. The number of nitrogens with zero attached hydrogens (tertiary/aromatic N) is 5. The quantitative estimate of drug-likeness (QED) is 0.357. The Kier molecular flexibility index (Phi) is 4.04. The predicted molar refractivity (Wildman–Crippen MR) is 108 cm³/mol. The van der Waals surface area contributed by atoms with Crippen molar-refractivity contribution >= 4 is 56.7 Å². The van der Waals surface area contributed by atoms with Crippen molar-refractivity contribution in [2.75, 3.05) is 11.5 Å². The van der Waals surface area contributed by atoms with Crippen molar-refractivity contribution in [2.45, 2.75) is 13.5 Å². The highest BCUT2D eigenvalue weighted by molar-refractivity contribution is 14.1. The summed E-state index contributed by atoms with van der Waals surface area (Å²) in [4.78, 5) is 9.77. The first-order chi connectivity index (χ1) is 12.0. The van der Waals surface area contributed by atoms with Gasteiger partial charge in [0.1, 0.15) is 5.69 Å². The number of halogens is 1. The molecule has 25 heavy (non-hydrogen) atoms. The molecule has 0 unspecified atom stereocenters. The molecule has 1 aromatic carbocycles. The van der Waals surface area contributed by atoms with Crippen LogP contribution >= 0.6 is 33.9 Å². The molecule has 0 aliphatic carbocycles. The minimum atomic E-state index is 0.212. The van der Waals surface area contributed by atoms with E-state index in [1.165, 1.54) is 0 Å². The van der Waals surface area contributed by atoms with Crippen LogP contribution in [0.4, 0.5) is 11.6 Å². The van der Waals surface area contributed by atoms with Crippen molar-refractivity contribution in [3.05, 3.63) is 44.3 Å². The van der Waals surface area contributed by atoms with E-state index in [1.54, 1.807) is 16.0 Å². The SMILES string of the molecule is Cc1cc(Cn2nnc3c(-c4sccc4I)nc(N)nc32)ccc1N. The second-order valence-corrected chi connectivity index (χ2v) is 7.72. The number of hydrogen-bond acceptors (Lipinski definition) is 7. The largest absolute Gasteiger partial charge is 0.399 e. The molecule has 0 radical (unpaired) electrons. The molecular weight excluding hydrogens is 449 g/mol. The molecule has 0 saturated heterocycles. The lowest BCUT2D eigenvalue weighted by atomic mass is 10.1. The number of hydrogen-bond donors (Lipinski definition) is 2. The zero-order chi connectivity index (χ0) is 17.6. The van der Waals surface area contributed by atoms with E-state index in [1.807, 2.05) is 36.6 Å². The number of nitrogens with two attached hydrogens (primary N) is 2. The van der Waals surface area contributed by atoms with Gasteiger partial charge in [0, 0.05) is 9.26 Å². The molecule has 0 amide bonds. The summed E-state index contributed by atoms with van der Waals surface area (Å²) in [5.74, 6) is 0.212. The Morgan fingerprint density at radius 3 is 2.76 bits per heavy atom. The molecule has 0 saturated carbocycles. The minimum absolute atomic E-state index is 0.212. The van der Waals surface area contributed by atoms with Crippen LogP contribution in [0.3, 0.4) is 0 Å². The standard InChI is InChI=1S/C16H14IN7S/c1-8-6-9(2-3-11(8)18)7-24-15-13(22-23-24)12(20-16(19)21-15)14-10(17)4-5-25-14/h2-6H,7,18H2,1H3,(H2,19,20,21). The summed E-state index contributed by atoms with van der Waals surface area (Å²) in [6.45, 7) is 2.52. The van der Waals surface area contributed by atoms with Crippen LogP contribution in [0.15, 0.2) is 29.6 Å². The summed E-state index contributed by atoms with van der Waals surface area (Å²) in [6, 6.07) is 7.94. The van der Waals surface area contributed by atoms with Crippen LogP contribution < -0.4 is 11.5 Å². The number of thiophene rings is 1. The second kappa shape index (κ2) is 6.23. The number of rotatable bonds is 3. The van der Waals surface area contributed by atoms with Gasteiger partial charge in [0.15, 0.2) is 11.2 Å². The molecule has 0 aliphatic heterocycles. The van der Waals surface area contributed by atoms with E-state index in [0.717, 1.165) is 31.0 Å². The Morgan fingerprint density at radius 2 is 2.04 bits per heavy atom. The molecular formula is C16H14IN7S. The predicted octanol–water partition coefficient (Wildman–Crippen LogP) is 3.08. The summed E-state index contributed by atoms with van der Waals surface area (Å²) < 4.78 is 2.84. The highest BCUT2D eigenvalue weighted by Crippen LogP contribution is 2.33. The van der Waals surface area contributed by atoms with Crippen molar-refractivity contribution < 1.29 is 0 Å². The van der Waals surface area contributed by atoms with Crippen LogP contribution in [0.5, 0.6) is 0 Å². The highest BCUT2D eigenvalue weighted by atomic mass is 127. The average molecular weight is 463 g/mol. The van der Waals surface area contributed by atoms with Crippen molar-refractivity contribution in [1.29, 1.82) is 0 Å². The van der Waals surface area contributed by atoms with E-state index >= 15 is 0 Å². The third-order valence-corrected chi connectivity index (χ3v) is 6.06. The Hall–Kier alpha value is -2.27. The van der Waals surface area contributed by atoms with Gasteiger partial charge < -0.3 is 11.5 Å². The molecule has 4 aromatic rings. The van der Waals surface area contributed by atoms with Crippen LogP contribution in [0, 0.1) is 10.5 Å². The lowest BCUT2D eigenvalue weighted by molar-refractivity contribution is 0.664. The summed E-state index contributed by atoms with van der Waals surface area (Å²) in [6.07, 6.45) is 0. The number of fused-ring (bicyclic) bond motifs is 1. The number of aryl methyl sites for hydroxylation is 1. The van der Waals surface area contributed by atoms with Gasteiger partial charge in [0.2, 0.25) is 5.95 Å². The fourth-order valence-corrected chi connectivity index (χ4v) is 4.44. The molecule has 9 heteroatoms. The van der Waals surface area contributed by atoms with E-state index in [4.69, 9.17) is 11.5 Å². The molecule has 4 N–H and O–H groups in total. The zero-order valence-corrected chi connectivity index (χ0v) is 16.2. The molecule has 3 heterocycles. The maximum Gasteiger partial charge on any atom is 0.222 e. The van der Waals surface area contributed by atoms with E-state index in [-0.39, 0.29) is 5.95 Å². The Morgan fingerprint density at radius 1 is 1.20 bits per heavy atom. The normalized spacial score (nSPS) is 11.3. The summed E-state index contributed by atoms with van der Waals surface area (Å²) >= 11 is 3.88. The average Bonchev–Trinajstić information content (AvgIpc) is 3.17. The van der Waals surface area contributed by atoms with Crippen LogP contribution in [0.25, 0.3) is 21.7 Å². The van der Waals surface area contributed by atoms with E-state index in [0.29, 0.717) is 17.7 Å². The van der Waals surface area contributed by atoms with Gasteiger partial charge >= 0.3 is 0 Å². The smallest absolute Gasteiger partial charge is 0.222 e. The molecule has 7 nitrogen and oxygen atoms in total. The van der Waals surface area contributed by atoms with Crippen LogP contribution in [-0.4, -0.2) is 25.0 Å². The van der Waals surface area contributed by atoms with Gasteiger partial charge in [-0.05, 0) is 58.2 Å². The monoisotopic (exact) mass is 463 g/mol. The highest BCUT2D eigenvalue weighted by Gasteiger charge is 2.18. The number of anilines is 2. The molecule has 0 spiro atoms. The number of nitrogen functional groups attached to an aromatic ring is 2. The topological polar surface area (TPSA) is 109 Å². The number of aromatic nitrogens is 5. The summed E-state index contributed by atoms with van der Waals surface area (Å²) in [5.41, 5.74) is 16.7. The van der Waals surface area contributed by atoms with Crippen molar-refractivity contribution in [3.8, 4) is 10.6 Å². The molecule has 0 atom stereocenters. The fraction of sp³-hybridized carbons (Fsp3) is 0.125. The first-order valence-electron chi connectivity index (χ1n) is 7.48. The minimum Gasteiger partial charge on any atom is -0.399 e. The molecule has 0 fully saturated rings. The first-order valence-corrected chi connectivity index (χ1v) is 9.44. The van der Waals surface area contributed by atoms with Crippen LogP contribution in [-0.2, 0) is 6.54 Å². The molecule has 4 rings (SSSR count). The third-order valence-electron chi connectivity index (χ3n) is 3.88. The summed E-state index contributed by atoms with van der Waals surface area (Å²) in [7, 11) is 0. The van der Waals surface area contributed by atoms with Gasteiger partial charge in [-0.15, -0.1) is 16.4 Å².